The zero-order valence-electron chi connectivity index (χ0n) is 11.3. The number of benzene rings is 1. The van der Waals surface area contributed by atoms with E-state index < -0.39 is 0 Å². The van der Waals surface area contributed by atoms with Gasteiger partial charge < -0.3 is 15.8 Å². The molecule has 106 valence electrons. The lowest BCUT2D eigenvalue weighted by Crippen LogP contribution is -2.33. The number of nitrogens with zero attached hydrogens (tertiary/aromatic N) is 1. The maximum absolute atomic E-state index is 12.0. The van der Waals surface area contributed by atoms with Crippen molar-refractivity contribution >= 4 is 22.5 Å². The summed E-state index contributed by atoms with van der Waals surface area (Å²) in [6.07, 6.45) is 2.05. The molecule has 2 heterocycles. The minimum atomic E-state index is -0.176. The Morgan fingerprint density at radius 1 is 1.50 bits per heavy atom. The van der Waals surface area contributed by atoms with Crippen molar-refractivity contribution in [1.29, 1.82) is 0 Å². The topological polar surface area (TPSA) is 93.0 Å². The summed E-state index contributed by atoms with van der Waals surface area (Å²) in [7, 11) is 0. The monoisotopic (exact) mass is 274 g/mol. The number of nitrogens with two attached hydrogens (primary N) is 1. The minimum Gasteiger partial charge on any atom is -0.399 e. The Balaban J connectivity index is 1.89. The van der Waals surface area contributed by atoms with Crippen LogP contribution >= 0.6 is 0 Å². The van der Waals surface area contributed by atoms with Gasteiger partial charge in [-0.3, -0.25) is 9.78 Å². The standard InChI is InChI=1S/C14H18N4O2/c1-8-6-10(4-5-20-8)16-14-17-12-3-2-9(15)7-11(12)13(19)18-14/h2-3,7-8,10H,4-6,15H2,1H3,(H2,16,17,18,19). The Bertz CT molecular complexity index is 682. The molecule has 6 heteroatoms. The normalized spacial score (nSPS) is 22.9. The van der Waals surface area contributed by atoms with E-state index in [4.69, 9.17) is 10.5 Å². The van der Waals surface area contributed by atoms with Crippen LogP contribution in [0.4, 0.5) is 11.6 Å². The first-order valence-electron chi connectivity index (χ1n) is 6.79. The van der Waals surface area contributed by atoms with Crippen LogP contribution in [0.5, 0.6) is 0 Å². The molecule has 0 aliphatic carbocycles. The Morgan fingerprint density at radius 2 is 2.35 bits per heavy atom. The third-order valence-electron chi connectivity index (χ3n) is 3.56. The third-order valence-corrected chi connectivity index (χ3v) is 3.56. The highest BCUT2D eigenvalue weighted by atomic mass is 16.5. The van der Waals surface area contributed by atoms with E-state index in [9.17, 15) is 4.79 Å². The Kier molecular flexibility index (Phi) is 3.31. The number of fused-ring (bicyclic) bond motifs is 1. The number of aromatic nitrogens is 2. The molecule has 4 N–H and O–H groups in total. The van der Waals surface area contributed by atoms with Gasteiger partial charge in [-0.1, -0.05) is 0 Å². The average Bonchev–Trinajstić information content (AvgIpc) is 2.40. The predicted molar refractivity (Wildman–Crippen MR) is 78.8 cm³/mol. The molecule has 3 rings (SSSR count). The Labute approximate surface area is 116 Å². The minimum absolute atomic E-state index is 0.176. The van der Waals surface area contributed by atoms with Crippen LogP contribution in [0.25, 0.3) is 10.9 Å². The van der Waals surface area contributed by atoms with Crippen LogP contribution in [-0.4, -0.2) is 28.7 Å². The molecular formula is C14H18N4O2. The van der Waals surface area contributed by atoms with Crippen molar-refractivity contribution in [2.75, 3.05) is 17.7 Å². The Hall–Kier alpha value is -2.08. The van der Waals surface area contributed by atoms with E-state index in [-0.39, 0.29) is 17.7 Å². The van der Waals surface area contributed by atoms with Gasteiger partial charge in [-0.25, -0.2) is 4.98 Å². The molecule has 0 bridgehead atoms. The van der Waals surface area contributed by atoms with Crippen LogP contribution in [0.2, 0.25) is 0 Å². The summed E-state index contributed by atoms with van der Waals surface area (Å²) in [6.45, 7) is 2.78. The molecule has 20 heavy (non-hydrogen) atoms. The lowest BCUT2D eigenvalue weighted by Gasteiger charge is -2.28. The van der Waals surface area contributed by atoms with Gasteiger partial charge in [0.2, 0.25) is 5.95 Å². The highest BCUT2D eigenvalue weighted by Gasteiger charge is 2.19. The molecular weight excluding hydrogens is 256 g/mol. The van der Waals surface area contributed by atoms with E-state index in [1.807, 2.05) is 6.92 Å². The SMILES string of the molecule is CC1CC(Nc2nc3ccc(N)cc3c(=O)[nH]2)CCO1. The highest BCUT2D eigenvalue weighted by Crippen LogP contribution is 2.18. The number of aromatic amines is 1. The summed E-state index contributed by atoms with van der Waals surface area (Å²) in [5.41, 5.74) is 6.71. The van der Waals surface area contributed by atoms with Crippen molar-refractivity contribution in [3.8, 4) is 0 Å². The van der Waals surface area contributed by atoms with Gasteiger partial charge in [-0.15, -0.1) is 0 Å². The van der Waals surface area contributed by atoms with Crippen molar-refractivity contribution in [3.05, 3.63) is 28.6 Å². The van der Waals surface area contributed by atoms with Crippen molar-refractivity contribution in [2.45, 2.75) is 31.9 Å². The van der Waals surface area contributed by atoms with Gasteiger partial charge >= 0.3 is 0 Å². The molecule has 1 fully saturated rings. The van der Waals surface area contributed by atoms with Gasteiger partial charge in [-0.05, 0) is 38.0 Å². The van der Waals surface area contributed by atoms with E-state index in [0.29, 0.717) is 22.5 Å². The van der Waals surface area contributed by atoms with Gasteiger partial charge in [0.1, 0.15) is 0 Å². The molecule has 2 unspecified atom stereocenters. The lowest BCUT2D eigenvalue weighted by atomic mass is 10.0. The number of ether oxygens (including phenoxy) is 1. The molecule has 0 saturated carbocycles. The summed E-state index contributed by atoms with van der Waals surface area (Å²) in [4.78, 5) is 19.2. The summed E-state index contributed by atoms with van der Waals surface area (Å²) in [5.74, 6) is 0.506. The first kappa shape index (κ1) is 12.9. The van der Waals surface area contributed by atoms with Gasteiger partial charge in [0.15, 0.2) is 0 Å². The molecule has 1 aliphatic rings. The van der Waals surface area contributed by atoms with E-state index >= 15 is 0 Å². The number of hydrogen-bond acceptors (Lipinski definition) is 5. The van der Waals surface area contributed by atoms with Gasteiger partial charge in [0, 0.05) is 18.3 Å². The number of nitrogen functional groups attached to an aromatic ring is 1. The van der Waals surface area contributed by atoms with Crippen LogP contribution in [0.1, 0.15) is 19.8 Å². The van der Waals surface area contributed by atoms with Gasteiger partial charge in [-0.2, -0.15) is 0 Å². The summed E-state index contributed by atoms with van der Waals surface area (Å²) < 4.78 is 5.51. The second-order valence-electron chi connectivity index (χ2n) is 5.24. The first-order chi connectivity index (χ1) is 9.61. The number of anilines is 2. The van der Waals surface area contributed by atoms with Crippen molar-refractivity contribution in [2.24, 2.45) is 0 Å². The molecule has 0 amide bonds. The summed E-state index contributed by atoms with van der Waals surface area (Å²) in [5, 5.41) is 3.79. The zero-order chi connectivity index (χ0) is 14.1. The predicted octanol–water partition coefficient (Wildman–Crippen LogP) is 1.48. The smallest absolute Gasteiger partial charge is 0.260 e. The quantitative estimate of drug-likeness (QED) is 0.721. The van der Waals surface area contributed by atoms with E-state index in [1.165, 1.54) is 0 Å². The van der Waals surface area contributed by atoms with Crippen molar-refractivity contribution in [3.63, 3.8) is 0 Å². The molecule has 0 spiro atoms. The van der Waals surface area contributed by atoms with E-state index in [2.05, 4.69) is 15.3 Å². The van der Waals surface area contributed by atoms with Gasteiger partial charge in [0.05, 0.1) is 17.0 Å². The maximum Gasteiger partial charge on any atom is 0.260 e. The third kappa shape index (κ3) is 2.60. The van der Waals surface area contributed by atoms with E-state index in [0.717, 1.165) is 19.4 Å². The fraction of sp³-hybridized carbons (Fsp3) is 0.429. The summed E-state index contributed by atoms with van der Waals surface area (Å²) >= 11 is 0. The van der Waals surface area contributed by atoms with Crippen LogP contribution in [0, 0.1) is 0 Å². The molecule has 1 aromatic heterocycles. The molecule has 1 aliphatic heterocycles. The highest BCUT2D eigenvalue weighted by molar-refractivity contribution is 5.81. The maximum atomic E-state index is 12.0. The fourth-order valence-corrected chi connectivity index (χ4v) is 2.55. The second-order valence-corrected chi connectivity index (χ2v) is 5.24. The number of hydrogen-bond donors (Lipinski definition) is 3. The molecule has 0 radical (unpaired) electrons. The van der Waals surface area contributed by atoms with Crippen LogP contribution < -0.4 is 16.6 Å². The van der Waals surface area contributed by atoms with Crippen LogP contribution in [-0.2, 0) is 4.74 Å². The largest absolute Gasteiger partial charge is 0.399 e. The average molecular weight is 274 g/mol. The van der Waals surface area contributed by atoms with Crippen LogP contribution in [0.15, 0.2) is 23.0 Å². The van der Waals surface area contributed by atoms with E-state index in [1.54, 1.807) is 18.2 Å². The summed E-state index contributed by atoms with van der Waals surface area (Å²) in [6, 6.07) is 5.42. The van der Waals surface area contributed by atoms with Crippen molar-refractivity contribution in [1.82, 2.24) is 9.97 Å². The molecule has 2 atom stereocenters. The molecule has 2 aromatic rings. The lowest BCUT2D eigenvalue weighted by molar-refractivity contribution is 0.0231. The number of nitrogens with one attached hydrogen (secondary N) is 2. The second kappa shape index (κ2) is 5.13. The zero-order valence-corrected chi connectivity index (χ0v) is 11.3. The van der Waals surface area contributed by atoms with Crippen molar-refractivity contribution < 1.29 is 4.74 Å². The molecule has 6 nitrogen and oxygen atoms in total. The molecule has 1 aromatic carbocycles. The first-order valence-corrected chi connectivity index (χ1v) is 6.79. The Morgan fingerprint density at radius 3 is 3.15 bits per heavy atom. The number of H-pyrrole nitrogens is 1. The fourth-order valence-electron chi connectivity index (χ4n) is 2.55. The molecule has 1 saturated heterocycles. The van der Waals surface area contributed by atoms with Crippen LogP contribution in [0.3, 0.4) is 0 Å². The van der Waals surface area contributed by atoms with Gasteiger partial charge in [0.25, 0.3) is 5.56 Å². The number of rotatable bonds is 2.